The van der Waals surface area contributed by atoms with Crippen LogP contribution in [0.15, 0.2) is 76.9 Å². The number of carbonyl (C=O) groups is 1. The number of carbonyl (C=O) groups excluding carboxylic acids is 1. The van der Waals surface area contributed by atoms with Crippen LogP contribution in [-0.2, 0) is 7.05 Å². The lowest BCUT2D eigenvalue weighted by atomic mass is 10.1. The summed E-state index contributed by atoms with van der Waals surface area (Å²) >= 11 is 1.36. The molecule has 0 aliphatic heterocycles. The zero-order valence-corrected chi connectivity index (χ0v) is 16.4. The van der Waals surface area contributed by atoms with Crippen molar-refractivity contribution in [2.45, 2.75) is 6.92 Å². The number of nitrogens with one attached hydrogen (secondary N) is 1. The van der Waals surface area contributed by atoms with Gasteiger partial charge in [0.25, 0.3) is 11.5 Å². The fourth-order valence-electron chi connectivity index (χ4n) is 3.21. The highest BCUT2D eigenvalue weighted by Gasteiger charge is 2.21. The molecule has 1 N–H and O–H groups in total. The van der Waals surface area contributed by atoms with Crippen LogP contribution in [0.3, 0.4) is 0 Å². The summed E-state index contributed by atoms with van der Waals surface area (Å²) in [6.45, 7) is 1.82. The second-order valence-corrected chi connectivity index (χ2v) is 7.34. The van der Waals surface area contributed by atoms with E-state index < -0.39 is 0 Å². The van der Waals surface area contributed by atoms with Gasteiger partial charge in [-0.25, -0.2) is 4.68 Å². The quantitative estimate of drug-likeness (QED) is 0.560. The first-order valence-corrected chi connectivity index (χ1v) is 9.74. The van der Waals surface area contributed by atoms with E-state index in [1.165, 1.54) is 11.3 Å². The van der Waals surface area contributed by atoms with Crippen molar-refractivity contribution in [2.24, 2.45) is 7.05 Å². The number of thiophene rings is 1. The highest BCUT2D eigenvalue weighted by atomic mass is 32.1. The SMILES string of the molecule is Cc1c(NC(=O)c2sccc2-c2ccccc2)c(=O)n(-c2ccccc2)n1C. The van der Waals surface area contributed by atoms with Crippen LogP contribution in [0, 0.1) is 6.92 Å². The summed E-state index contributed by atoms with van der Waals surface area (Å²) in [6.07, 6.45) is 0. The molecule has 0 atom stereocenters. The van der Waals surface area contributed by atoms with Gasteiger partial charge >= 0.3 is 0 Å². The van der Waals surface area contributed by atoms with Crippen molar-refractivity contribution in [2.75, 3.05) is 5.32 Å². The van der Waals surface area contributed by atoms with Crippen LogP contribution in [0.2, 0.25) is 0 Å². The van der Waals surface area contributed by atoms with Gasteiger partial charge in [0, 0.05) is 12.6 Å². The number of hydrogen-bond donors (Lipinski definition) is 1. The van der Waals surface area contributed by atoms with Crippen molar-refractivity contribution in [3.8, 4) is 16.8 Å². The summed E-state index contributed by atoms with van der Waals surface area (Å²) in [5, 5.41) is 4.73. The van der Waals surface area contributed by atoms with E-state index >= 15 is 0 Å². The molecule has 0 aliphatic rings. The molecule has 2 aromatic heterocycles. The van der Waals surface area contributed by atoms with E-state index in [1.54, 1.807) is 16.4 Å². The van der Waals surface area contributed by atoms with Gasteiger partial charge in [0.1, 0.15) is 5.69 Å². The Balaban J connectivity index is 1.71. The van der Waals surface area contributed by atoms with Crippen LogP contribution in [0.1, 0.15) is 15.4 Å². The fourth-order valence-corrected chi connectivity index (χ4v) is 4.02. The summed E-state index contributed by atoms with van der Waals surface area (Å²) in [7, 11) is 1.81. The lowest BCUT2D eigenvalue weighted by Gasteiger charge is -2.07. The average molecular weight is 389 g/mol. The number of amides is 1. The standard InChI is InChI=1S/C22H19N3O2S/c1-15-19(22(27)25(24(15)2)17-11-7-4-8-12-17)23-21(26)20-18(13-14-28-20)16-9-5-3-6-10-16/h3-14H,1-2H3,(H,23,26). The predicted octanol–water partition coefficient (Wildman–Crippen LogP) is 4.47. The van der Waals surface area contributed by atoms with Gasteiger partial charge in [-0.2, -0.15) is 0 Å². The summed E-state index contributed by atoms with van der Waals surface area (Å²) in [5.41, 5.74) is 3.32. The Morgan fingerprint density at radius 1 is 0.964 bits per heavy atom. The van der Waals surface area contributed by atoms with Gasteiger partial charge in [-0.1, -0.05) is 48.5 Å². The second kappa shape index (κ2) is 7.32. The molecule has 4 aromatic rings. The normalized spacial score (nSPS) is 10.8. The van der Waals surface area contributed by atoms with Gasteiger partial charge in [-0.05, 0) is 36.1 Å². The van der Waals surface area contributed by atoms with Crippen molar-refractivity contribution < 1.29 is 4.79 Å². The molecular formula is C22H19N3O2S. The smallest absolute Gasteiger partial charge is 0.295 e. The molecule has 0 unspecified atom stereocenters. The van der Waals surface area contributed by atoms with Gasteiger partial charge in [0.15, 0.2) is 0 Å². The zero-order valence-electron chi connectivity index (χ0n) is 15.5. The Hall–Kier alpha value is -3.38. The van der Waals surface area contributed by atoms with Crippen molar-refractivity contribution in [1.29, 1.82) is 0 Å². The number of para-hydroxylation sites is 1. The molecule has 0 saturated carbocycles. The molecular weight excluding hydrogens is 370 g/mol. The topological polar surface area (TPSA) is 56.0 Å². The molecule has 0 bridgehead atoms. The molecule has 4 rings (SSSR count). The zero-order chi connectivity index (χ0) is 19.7. The Morgan fingerprint density at radius 3 is 2.29 bits per heavy atom. The minimum absolute atomic E-state index is 0.252. The molecule has 2 heterocycles. The maximum absolute atomic E-state index is 13.0. The largest absolute Gasteiger partial charge is 0.315 e. The molecule has 0 saturated heterocycles. The fraction of sp³-hybridized carbons (Fsp3) is 0.0909. The van der Waals surface area contributed by atoms with E-state index in [2.05, 4.69) is 5.32 Å². The molecule has 28 heavy (non-hydrogen) atoms. The third-order valence-corrected chi connectivity index (χ3v) is 5.66. The first-order valence-electron chi connectivity index (χ1n) is 8.86. The van der Waals surface area contributed by atoms with E-state index in [1.807, 2.05) is 79.0 Å². The molecule has 0 spiro atoms. The van der Waals surface area contributed by atoms with Gasteiger partial charge in [0.2, 0.25) is 0 Å². The molecule has 1 amide bonds. The van der Waals surface area contributed by atoms with Gasteiger partial charge in [0.05, 0.1) is 16.3 Å². The van der Waals surface area contributed by atoms with Crippen LogP contribution in [0.4, 0.5) is 5.69 Å². The van der Waals surface area contributed by atoms with Crippen LogP contribution in [-0.4, -0.2) is 15.3 Å². The second-order valence-electron chi connectivity index (χ2n) is 6.42. The summed E-state index contributed by atoms with van der Waals surface area (Å²) in [5.74, 6) is -0.278. The molecule has 0 radical (unpaired) electrons. The number of rotatable bonds is 4. The molecule has 2 aromatic carbocycles. The minimum Gasteiger partial charge on any atom is -0.315 e. The summed E-state index contributed by atoms with van der Waals surface area (Å²) in [6, 6.07) is 21.0. The predicted molar refractivity (Wildman–Crippen MR) is 113 cm³/mol. The van der Waals surface area contributed by atoms with Gasteiger partial charge in [-0.15, -0.1) is 11.3 Å². The summed E-state index contributed by atoms with van der Waals surface area (Å²) in [4.78, 5) is 26.6. The molecule has 140 valence electrons. The lowest BCUT2D eigenvalue weighted by Crippen LogP contribution is -2.22. The van der Waals surface area contributed by atoms with E-state index in [0.717, 1.165) is 16.8 Å². The van der Waals surface area contributed by atoms with Crippen molar-refractivity contribution in [3.05, 3.63) is 93.0 Å². The van der Waals surface area contributed by atoms with Crippen LogP contribution in [0.25, 0.3) is 16.8 Å². The number of anilines is 1. The first kappa shape index (κ1) is 18.0. The van der Waals surface area contributed by atoms with Gasteiger partial charge < -0.3 is 5.32 Å². The Labute approximate surface area is 166 Å². The number of aromatic nitrogens is 2. The molecule has 5 nitrogen and oxygen atoms in total. The first-order chi connectivity index (χ1) is 13.6. The third kappa shape index (κ3) is 3.08. The Bertz CT molecular complexity index is 1190. The van der Waals surface area contributed by atoms with E-state index in [9.17, 15) is 9.59 Å². The van der Waals surface area contributed by atoms with E-state index in [4.69, 9.17) is 0 Å². The monoisotopic (exact) mass is 389 g/mol. The maximum Gasteiger partial charge on any atom is 0.295 e. The van der Waals surface area contributed by atoms with E-state index in [-0.39, 0.29) is 11.5 Å². The van der Waals surface area contributed by atoms with Crippen molar-refractivity contribution in [1.82, 2.24) is 9.36 Å². The molecule has 6 heteroatoms. The minimum atomic E-state index is -0.278. The Kier molecular flexibility index (Phi) is 4.71. The molecule has 0 aliphatic carbocycles. The van der Waals surface area contributed by atoms with E-state index in [0.29, 0.717) is 16.3 Å². The maximum atomic E-state index is 13.0. The van der Waals surface area contributed by atoms with Crippen LogP contribution < -0.4 is 10.9 Å². The Morgan fingerprint density at radius 2 is 1.61 bits per heavy atom. The van der Waals surface area contributed by atoms with Crippen LogP contribution >= 0.6 is 11.3 Å². The highest BCUT2D eigenvalue weighted by molar-refractivity contribution is 7.12. The highest BCUT2D eigenvalue weighted by Crippen LogP contribution is 2.29. The van der Waals surface area contributed by atoms with Gasteiger partial charge in [-0.3, -0.25) is 14.3 Å². The average Bonchev–Trinajstić information content (AvgIpc) is 3.29. The lowest BCUT2D eigenvalue weighted by molar-refractivity contribution is 0.103. The summed E-state index contributed by atoms with van der Waals surface area (Å²) < 4.78 is 3.30. The van der Waals surface area contributed by atoms with Crippen molar-refractivity contribution >= 4 is 22.9 Å². The van der Waals surface area contributed by atoms with Crippen LogP contribution in [0.5, 0.6) is 0 Å². The molecule has 0 fully saturated rings. The number of nitrogens with zero attached hydrogens (tertiary/aromatic N) is 2. The third-order valence-electron chi connectivity index (χ3n) is 4.75. The van der Waals surface area contributed by atoms with Crippen molar-refractivity contribution in [3.63, 3.8) is 0 Å². The number of hydrogen-bond acceptors (Lipinski definition) is 3. The number of benzene rings is 2.